The van der Waals surface area contributed by atoms with Crippen molar-refractivity contribution < 1.29 is 9.53 Å². The fraction of sp³-hybridized carbons (Fsp3) is 0.462. The molecule has 1 fully saturated rings. The molecule has 0 amide bonds. The van der Waals surface area contributed by atoms with E-state index in [4.69, 9.17) is 4.74 Å². The summed E-state index contributed by atoms with van der Waals surface area (Å²) in [6.07, 6.45) is 2.12. The van der Waals surface area contributed by atoms with E-state index in [1.165, 1.54) is 0 Å². The first kappa shape index (κ1) is 12.6. The number of nitrogens with zero attached hydrogens (tertiary/aromatic N) is 1. The molecule has 4 heteroatoms. The van der Waals surface area contributed by atoms with E-state index in [1.54, 1.807) is 0 Å². The van der Waals surface area contributed by atoms with Crippen LogP contribution in [0.4, 0.5) is 5.69 Å². The zero-order chi connectivity index (χ0) is 12.3. The number of carbonyl (C=O) groups is 1. The molecule has 2 rings (SSSR count). The van der Waals surface area contributed by atoms with E-state index in [0.29, 0.717) is 0 Å². The summed E-state index contributed by atoms with van der Waals surface area (Å²) in [6, 6.07) is 5.82. The molecule has 1 heterocycles. The third kappa shape index (κ3) is 3.07. The minimum atomic E-state index is 0.209. The zero-order valence-electron chi connectivity index (χ0n) is 9.86. The Kier molecular flexibility index (Phi) is 4.18. The second-order valence-corrected chi connectivity index (χ2v) is 5.22. The lowest BCUT2D eigenvalue weighted by molar-refractivity contribution is 0.0820. The molecule has 3 nitrogen and oxygen atoms in total. The highest BCUT2D eigenvalue weighted by molar-refractivity contribution is 9.10. The van der Waals surface area contributed by atoms with Crippen LogP contribution in [0.5, 0.6) is 0 Å². The normalized spacial score (nSPS) is 21.1. The van der Waals surface area contributed by atoms with Gasteiger partial charge >= 0.3 is 0 Å². The van der Waals surface area contributed by atoms with Crippen molar-refractivity contribution in [2.24, 2.45) is 0 Å². The van der Waals surface area contributed by atoms with Crippen LogP contribution in [0.3, 0.4) is 0 Å². The van der Waals surface area contributed by atoms with Crippen LogP contribution >= 0.6 is 15.9 Å². The van der Waals surface area contributed by atoms with Crippen molar-refractivity contribution in [1.82, 2.24) is 0 Å². The van der Waals surface area contributed by atoms with E-state index >= 15 is 0 Å². The predicted molar refractivity (Wildman–Crippen MR) is 71.8 cm³/mol. The van der Waals surface area contributed by atoms with E-state index in [9.17, 15) is 4.79 Å². The number of hydrogen-bond donors (Lipinski definition) is 0. The summed E-state index contributed by atoms with van der Waals surface area (Å²) in [5, 5.41) is 0. The van der Waals surface area contributed by atoms with Crippen molar-refractivity contribution in [3.63, 3.8) is 0 Å². The molecule has 0 spiro atoms. The Morgan fingerprint density at radius 2 is 2.35 bits per heavy atom. The topological polar surface area (TPSA) is 29.5 Å². The van der Waals surface area contributed by atoms with E-state index < -0.39 is 0 Å². The second kappa shape index (κ2) is 5.65. The molecule has 1 aliphatic rings. The molecule has 0 aromatic heterocycles. The number of rotatable bonds is 2. The standard InChI is InChI=1S/C13H16BrNO2/c1-10-8-15(5-2-6-17-10)13-4-3-12(14)7-11(13)9-16/h3-4,7,9-10H,2,5-6,8H2,1H3. The van der Waals surface area contributed by atoms with Gasteiger partial charge in [-0.2, -0.15) is 0 Å². The van der Waals surface area contributed by atoms with Gasteiger partial charge in [0.2, 0.25) is 0 Å². The molecule has 1 aromatic rings. The summed E-state index contributed by atoms with van der Waals surface area (Å²) in [5.41, 5.74) is 1.73. The molecule has 1 saturated heterocycles. The quantitative estimate of drug-likeness (QED) is 0.786. The summed E-state index contributed by atoms with van der Waals surface area (Å²) < 4.78 is 6.55. The fourth-order valence-corrected chi connectivity index (χ4v) is 2.50. The molecule has 1 atom stereocenters. The zero-order valence-corrected chi connectivity index (χ0v) is 11.4. The van der Waals surface area contributed by atoms with Crippen molar-refractivity contribution in [3.8, 4) is 0 Å². The second-order valence-electron chi connectivity index (χ2n) is 4.30. The summed E-state index contributed by atoms with van der Waals surface area (Å²) in [6.45, 7) is 4.64. The maximum absolute atomic E-state index is 11.1. The molecule has 0 bridgehead atoms. The first-order valence-corrected chi connectivity index (χ1v) is 6.61. The van der Waals surface area contributed by atoms with Gasteiger partial charge in [0.25, 0.3) is 0 Å². The van der Waals surface area contributed by atoms with Gasteiger partial charge in [-0.25, -0.2) is 0 Å². The molecular weight excluding hydrogens is 282 g/mol. The highest BCUT2D eigenvalue weighted by Crippen LogP contribution is 2.25. The van der Waals surface area contributed by atoms with Crippen molar-refractivity contribution in [2.45, 2.75) is 19.4 Å². The van der Waals surface area contributed by atoms with Gasteiger partial charge in [-0.1, -0.05) is 15.9 Å². The Morgan fingerprint density at radius 1 is 1.53 bits per heavy atom. The van der Waals surface area contributed by atoms with Gasteiger partial charge < -0.3 is 9.64 Å². The molecule has 17 heavy (non-hydrogen) atoms. The summed E-state index contributed by atoms with van der Waals surface area (Å²) in [4.78, 5) is 13.3. The van der Waals surface area contributed by atoms with E-state index in [2.05, 4.69) is 27.8 Å². The SMILES string of the molecule is CC1CN(c2ccc(Br)cc2C=O)CCCO1. The van der Waals surface area contributed by atoms with Gasteiger partial charge in [-0.05, 0) is 31.5 Å². The molecule has 0 radical (unpaired) electrons. The number of benzene rings is 1. The number of halogens is 1. The fourth-order valence-electron chi connectivity index (χ4n) is 2.12. The van der Waals surface area contributed by atoms with Gasteiger partial charge in [0.05, 0.1) is 6.10 Å². The Hall–Kier alpha value is -0.870. The molecule has 1 aliphatic heterocycles. The van der Waals surface area contributed by atoms with Crippen LogP contribution in [0.2, 0.25) is 0 Å². The lowest BCUT2D eigenvalue weighted by Crippen LogP contribution is -2.30. The lowest BCUT2D eigenvalue weighted by atomic mass is 10.1. The van der Waals surface area contributed by atoms with Gasteiger partial charge in [0.15, 0.2) is 6.29 Å². The van der Waals surface area contributed by atoms with Gasteiger partial charge in [-0.3, -0.25) is 4.79 Å². The molecule has 0 saturated carbocycles. The minimum absolute atomic E-state index is 0.209. The molecule has 1 aromatic carbocycles. The third-order valence-corrected chi connectivity index (χ3v) is 3.40. The van der Waals surface area contributed by atoms with Crippen molar-refractivity contribution in [1.29, 1.82) is 0 Å². The third-order valence-electron chi connectivity index (χ3n) is 2.91. The van der Waals surface area contributed by atoms with E-state index in [1.807, 2.05) is 18.2 Å². The summed E-state index contributed by atoms with van der Waals surface area (Å²) in [7, 11) is 0. The van der Waals surface area contributed by atoms with Crippen LogP contribution in [0.25, 0.3) is 0 Å². The minimum Gasteiger partial charge on any atom is -0.377 e. The molecule has 0 N–H and O–H groups in total. The maximum Gasteiger partial charge on any atom is 0.152 e. The Morgan fingerprint density at radius 3 is 3.12 bits per heavy atom. The lowest BCUT2D eigenvalue weighted by Gasteiger charge is -2.25. The van der Waals surface area contributed by atoms with E-state index in [-0.39, 0.29) is 6.10 Å². The van der Waals surface area contributed by atoms with Crippen LogP contribution in [0.1, 0.15) is 23.7 Å². The average Bonchev–Trinajstić information content (AvgIpc) is 2.53. The Labute approximate surface area is 110 Å². The molecule has 92 valence electrons. The average molecular weight is 298 g/mol. The number of hydrogen-bond acceptors (Lipinski definition) is 3. The Balaban J connectivity index is 2.28. The van der Waals surface area contributed by atoms with Crippen molar-refractivity contribution in [3.05, 3.63) is 28.2 Å². The monoisotopic (exact) mass is 297 g/mol. The maximum atomic E-state index is 11.1. The number of carbonyl (C=O) groups excluding carboxylic acids is 1. The number of aldehydes is 1. The van der Waals surface area contributed by atoms with Crippen LogP contribution in [0.15, 0.2) is 22.7 Å². The van der Waals surface area contributed by atoms with Gasteiger partial charge in [-0.15, -0.1) is 0 Å². The number of anilines is 1. The van der Waals surface area contributed by atoms with Crippen LogP contribution in [-0.4, -0.2) is 32.1 Å². The van der Waals surface area contributed by atoms with Crippen molar-refractivity contribution in [2.75, 3.05) is 24.6 Å². The molecular formula is C13H16BrNO2. The highest BCUT2D eigenvalue weighted by Gasteiger charge is 2.17. The largest absolute Gasteiger partial charge is 0.377 e. The summed E-state index contributed by atoms with van der Waals surface area (Å²) >= 11 is 3.39. The van der Waals surface area contributed by atoms with Crippen LogP contribution < -0.4 is 4.90 Å². The molecule has 0 aliphatic carbocycles. The summed E-state index contributed by atoms with van der Waals surface area (Å²) in [5.74, 6) is 0. The highest BCUT2D eigenvalue weighted by atomic mass is 79.9. The predicted octanol–water partition coefficient (Wildman–Crippen LogP) is 2.88. The smallest absolute Gasteiger partial charge is 0.152 e. The van der Waals surface area contributed by atoms with Crippen molar-refractivity contribution >= 4 is 27.9 Å². The van der Waals surface area contributed by atoms with Gasteiger partial charge in [0, 0.05) is 35.4 Å². The number of ether oxygens (including phenoxy) is 1. The van der Waals surface area contributed by atoms with Gasteiger partial charge in [0.1, 0.15) is 0 Å². The van der Waals surface area contributed by atoms with E-state index in [0.717, 1.165) is 48.1 Å². The first-order chi connectivity index (χ1) is 8.20. The first-order valence-electron chi connectivity index (χ1n) is 5.82. The molecule has 1 unspecified atom stereocenters. The van der Waals surface area contributed by atoms with Crippen LogP contribution in [0, 0.1) is 0 Å². The Bertz CT molecular complexity index is 408. The van der Waals surface area contributed by atoms with Crippen LogP contribution in [-0.2, 0) is 4.74 Å².